The Bertz CT molecular complexity index is 1030. The van der Waals surface area contributed by atoms with Crippen LogP contribution >= 0.6 is 15.9 Å². The molecule has 0 atom stereocenters. The number of benzene rings is 3. The highest BCUT2D eigenvalue weighted by Crippen LogP contribution is 2.26. The number of nitrogens with zero attached hydrogens (tertiary/aromatic N) is 1. The van der Waals surface area contributed by atoms with Crippen LogP contribution in [-0.2, 0) is 0 Å². The fourth-order valence-electron chi connectivity index (χ4n) is 2.50. The number of fused-ring (bicyclic) bond motifs is 1. The summed E-state index contributed by atoms with van der Waals surface area (Å²) < 4.78 is 6.25. The number of aromatic hydroxyl groups is 1. The van der Waals surface area contributed by atoms with Crippen LogP contribution in [0.1, 0.15) is 15.9 Å². The molecule has 1 amide bonds. The lowest BCUT2D eigenvalue weighted by molar-refractivity contribution is 0.0952. The minimum atomic E-state index is -0.487. The van der Waals surface area contributed by atoms with Gasteiger partial charge in [0.05, 0.1) is 16.3 Å². The van der Waals surface area contributed by atoms with E-state index in [4.69, 9.17) is 4.74 Å². The minimum absolute atomic E-state index is 0.0899. The molecule has 0 radical (unpaired) electrons. The van der Waals surface area contributed by atoms with Gasteiger partial charge in [-0.05, 0) is 62.6 Å². The quantitative estimate of drug-likeness (QED) is 0.344. The lowest BCUT2D eigenvalue weighted by Gasteiger charge is -2.07. The molecule has 0 aliphatic carbocycles. The molecule has 0 aromatic heterocycles. The molecule has 5 nitrogen and oxygen atoms in total. The van der Waals surface area contributed by atoms with Crippen LogP contribution < -0.4 is 10.2 Å². The van der Waals surface area contributed by atoms with Crippen molar-refractivity contribution in [2.24, 2.45) is 5.10 Å². The highest BCUT2D eigenvalue weighted by molar-refractivity contribution is 9.10. The fourth-order valence-corrected chi connectivity index (χ4v) is 3.01. The first kappa shape index (κ1) is 18.7. The fraction of sp³-hybridized carbons (Fsp3) is 0.0476. The van der Waals surface area contributed by atoms with Crippen LogP contribution in [0.4, 0.5) is 0 Å². The van der Waals surface area contributed by atoms with E-state index in [1.807, 2.05) is 36.4 Å². The summed E-state index contributed by atoms with van der Waals surface area (Å²) in [5.74, 6) is 0.115. The summed E-state index contributed by atoms with van der Waals surface area (Å²) in [6.07, 6.45) is 3.18. The molecule has 0 bridgehead atoms. The van der Waals surface area contributed by atoms with E-state index in [2.05, 4.69) is 33.0 Å². The second-order valence-corrected chi connectivity index (χ2v) is 6.56. The standard InChI is InChI=1S/C21H17BrN2O3/c1-2-9-27-20-8-7-14(10-18(20)22)13-23-24-21(26)17-11-15-5-3-4-6-16(15)12-19(17)25/h2-8,10-13,25H,1,9H2,(H,24,26). The van der Waals surface area contributed by atoms with Gasteiger partial charge in [0.15, 0.2) is 0 Å². The molecule has 27 heavy (non-hydrogen) atoms. The van der Waals surface area contributed by atoms with Crippen LogP contribution in [0.5, 0.6) is 11.5 Å². The zero-order valence-corrected chi connectivity index (χ0v) is 15.9. The summed E-state index contributed by atoms with van der Waals surface area (Å²) in [4.78, 5) is 12.3. The van der Waals surface area contributed by atoms with Crippen LogP contribution in [-0.4, -0.2) is 23.8 Å². The highest BCUT2D eigenvalue weighted by Gasteiger charge is 2.11. The number of ether oxygens (including phenoxy) is 1. The molecule has 136 valence electrons. The first-order chi connectivity index (χ1) is 13.1. The van der Waals surface area contributed by atoms with Gasteiger partial charge in [-0.2, -0.15) is 5.10 Å². The molecule has 3 aromatic carbocycles. The molecule has 3 aromatic rings. The third kappa shape index (κ3) is 4.54. The maximum Gasteiger partial charge on any atom is 0.275 e. The normalized spacial score (nSPS) is 10.9. The zero-order valence-electron chi connectivity index (χ0n) is 14.4. The molecule has 3 rings (SSSR count). The van der Waals surface area contributed by atoms with Gasteiger partial charge in [0.1, 0.15) is 18.1 Å². The summed E-state index contributed by atoms with van der Waals surface area (Å²) in [7, 11) is 0. The van der Waals surface area contributed by atoms with Crippen molar-refractivity contribution in [3.8, 4) is 11.5 Å². The number of carbonyl (C=O) groups excluding carboxylic acids is 1. The first-order valence-electron chi connectivity index (χ1n) is 8.17. The molecule has 0 aliphatic heterocycles. The predicted molar refractivity (Wildman–Crippen MR) is 111 cm³/mol. The predicted octanol–water partition coefficient (Wildman–Crippen LogP) is 4.64. The highest BCUT2D eigenvalue weighted by atomic mass is 79.9. The Morgan fingerprint density at radius 1 is 1.19 bits per heavy atom. The molecule has 0 saturated carbocycles. The van der Waals surface area contributed by atoms with E-state index in [-0.39, 0.29) is 11.3 Å². The number of phenolic OH excluding ortho intramolecular Hbond substituents is 1. The number of hydrazone groups is 1. The van der Waals surface area contributed by atoms with Crippen LogP contribution in [0.2, 0.25) is 0 Å². The minimum Gasteiger partial charge on any atom is -0.507 e. The lowest BCUT2D eigenvalue weighted by atomic mass is 10.1. The number of phenols is 1. The van der Waals surface area contributed by atoms with Gasteiger partial charge in [0.2, 0.25) is 0 Å². The van der Waals surface area contributed by atoms with Gasteiger partial charge in [-0.1, -0.05) is 36.9 Å². The second kappa shape index (κ2) is 8.51. The van der Waals surface area contributed by atoms with Crippen molar-refractivity contribution in [3.05, 3.63) is 82.9 Å². The van der Waals surface area contributed by atoms with Crippen LogP contribution in [0.25, 0.3) is 10.8 Å². The Morgan fingerprint density at radius 2 is 1.93 bits per heavy atom. The van der Waals surface area contributed by atoms with Gasteiger partial charge in [0.25, 0.3) is 5.91 Å². The van der Waals surface area contributed by atoms with E-state index < -0.39 is 5.91 Å². The maximum atomic E-state index is 12.3. The number of rotatable bonds is 6. The summed E-state index contributed by atoms with van der Waals surface area (Å²) >= 11 is 3.43. The van der Waals surface area contributed by atoms with Gasteiger partial charge >= 0.3 is 0 Å². The Kier molecular flexibility index (Phi) is 5.88. The Balaban J connectivity index is 1.71. The van der Waals surface area contributed by atoms with Crippen molar-refractivity contribution in [1.29, 1.82) is 0 Å². The molecule has 0 unspecified atom stereocenters. The number of amides is 1. The van der Waals surface area contributed by atoms with E-state index in [1.165, 1.54) is 6.21 Å². The Morgan fingerprint density at radius 3 is 2.63 bits per heavy atom. The van der Waals surface area contributed by atoms with Gasteiger partial charge in [-0.15, -0.1) is 0 Å². The molecule has 0 spiro atoms. The third-order valence-electron chi connectivity index (χ3n) is 3.80. The summed E-state index contributed by atoms with van der Waals surface area (Å²) in [5.41, 5.74) is 3.37. The third-order valence-corrected chi connectivity index (χ3v) is 4.42. The van der Waals surface area contributed by atoms with Crippen molar-refractivity contribution < 1.29 is 14.6 Å². The van der Waals surface area contributed by atoms with Crippen molar-refractivity contribution in [2.45, 2.75) is 0 Å². The van der Waals surface area contributed by atoms with E-state index in [1.54, 1.807) is 24.3 Å². The second-order valence-electron chi connectivity index (χ2n) is 5.71. The number of hydrogen-bond donors (Lipinski definition) is 2. The molecular formula is C21H17BrN2O3. The molecule has 2 N–H and O–H groups in total. The summed E-state index contributed by atoms with van der Waals surface area (Å²) in [6.45, 7) is 4.02. The molecule has 0 heterocycles. The Hall–Kier alpha value is -3.12. The molecule has 0 fully saturated rings. The molecule has 6 heteroatoms. The van der Waals surface area contributed by atoms with Crippen LogP contribution in [0, 0.1) is 0 Å². The lowest BCUT2D eigenvalue weighted by Crippen LogP contribution is -2.17. The van der Waals surface area contributed by atoms with Gasteiger partial charge in [-0.25, -0.2) is 5.43 Å². The zero-order chi connectivity index (χ0) is 19.2. The van der Waals surface area contributed by atoms with Crippen LogP contribution in [0.3, 0.4) is 0 Å². The van der Waals surface area contributed by atoms with Crippen molar-refractivity contribution in [2.75, 3.05) is 6.61 Å². The van der Waals surface area contributed by atoms with E-state index in [0.29, 0.717) is 12.4 Å². The smallest absolute Gasteiger partial charge is 0.275 e. The number of hydrogen-bond acceptors (Lipinski definition) is 4. The van der Waals surface area contributed by atoms with Crippen LogP contribution in [0.15, 0.2) is 76.8 Å². The largest absolute Gasteiger partial charge is 0.507 e. The van der Waals surface area contributed by atoms with Gasteiger partial charge < -0.3 is 9.84 Å². The summed E-state index contributed by atoms with van der Waals surface area (Å²) in [5, 5.41) is 15.8. The molecule has 0 saturated heterocycles. The van der Waals surface area contributed by atoms with Gasteiger partial charge in [-0.3, -0.25) is 4.79 Å². The number of halogens is 1. The monoisotopic (exact) mass is 424 g/mol. The number of nitrogens with one attached hydrogen (secondary N) is 1. The van der Waals surface area contributed by atoms with Crippen molar-refractivity contribution >= 4 is 38.8 Å². The first-order valence-corrected chi connectivity index (χ1v) is 8.96. The Labute approximate surface area is 165 Å². The maximum absolute atomic E-state index is 12.3. The number of carbonyl (C=O) groups is 1. The molecule has 0 aliphatic rings. The van der Waals surface area contributed by atoms with E-state index in [0.717, 1.165) is 20.8 Å². The van der Waals surface area contributed by atoms with Crippen molar-refractivity contribution in [1.82, 2.24) is 5.43 Å². The van der Waals surface area contributed by atoms with Crippen molar-refractivity contribution in [3.63, 3.8) is 0 Å². The van der Waals surface area contributed by atoms with Gasteiger partial charge in [0, 0.05) is 0 Å². The SMILES string of the molecule is C=CCOc1ccc(C=NNC(=O)c2cc3ccccc3cc2O)cc1Br. The average molecular weight is 425 g/mol. The average Bonchev–Trinajstić information content (AvgIpc) is 2.66. The van der Waals surface area contributed by atoms with E-state index in [9.17, 15) is 9.90 Å². The van der Waals surface area contributed by atoms with E-state index >= 15 is 0 Å². The summed E-state index contributed by atoms with van der Waals surface area (Å²) in [6, 6.07) is 16.1. The molecular weight excluding hydrogens is 408 g/mol. The topological polar surface area (TPSA) is 70.9 Å².